The average molecular weight is 384 g/mol. The van der Waals surface area contributed by atoms with E-state index in [4.69, 9.17) is 19.9 Å². The maximum absolute atomic E-state index is 6.02. The Labute approximate surface area is 166 Å². The molecule has 0 amide bonds. The molecule has 3 N–H and O–H groups in total. The lowest BCUT2D eigenvalue weighted by molar-refractivity contribution is 0.0342. The minimum atomic E-state index is 0.351. The minimum absolute atomic E-state index is 0.351. The van der Waals surface area contributed by atoms with Crippen LogP contribution in [-0.4, -0.2) is 51.4 Å². The fourth-order valence-corrected chi connectivity index (χ4v) is 3.05. The van der Waals surface area contributed by atoms with Gasteiger partial charge in [0.25, 0.3) is 0 Å². The largest absolute Gasteiger partial charge is 0.493 e. The molecule has 0 bridgehead atoms. The molecule has 1 heterocycles. The summed E-state index contributed by atoms with van der Waals surface area (Å²) in [5.41, 5.74) is 9.22. The second kappa shape index (κ2) is 9.96. The summed E-state index contributed by atoms with van der Waals surface area (Å²) in [6, 6.07) is 14.0. The quantitative estimate of drug-likeness (QED) is 0.564. The van der Waals surface area contributed by atoms with E-state index in [9.17, 15) is 0 Å². The summed E-state index contributed by atoms with van der Waals surface area (Å²) in [7, 11) is 3.20. The van der Waals surface area contributed by atoms with Gasteiger partial charge in [-0.2, -0.15) is 0 Å². The number of anilines is 1. The van der Waals surface area contributed by atoms with Gasteiger partial charge in [-0.1, -0.05) is 24.3 Å². The first kappa shape index (κ1) is 20.0. The van der Waals surface area contributed by atoms with E-state index in [1.54, 1.807) is 14.2 Å². The number of nitrogens with one attached hydrogen (secondary N) is 1. The van der Waals surface area contributed by atoms with Gasteiger partial charge in [0, 0.05) is 31.4 Å². The maximum atomic E-state index is 6.02. The van der Waals surface area contributed by atoms with E-state index >= 15 is 0 Å². The van der Waals surface area contributed by atoms with Gasteiger partial charge >= 0.3 is 0 Å². The summed E-state index contributed by atoms with van der Waals surface area (Å²) in [4.78, 5) is 6.82. The van der Waals surface area contributed by atoms with E-state index in [1.165, 1.54) is 5.56 Å². The zero-order valence-electron chi connectivity index (χ0n) is 16.5. The van der Waals surface area contributed by atoms with Crippen LogP contribution in [0.3, 0.4) is 0 Å². The number of nitrogens with two attached hydrogens (primary N) is 1. The van der Waals surface area contributed by atoms with Crippen molar-refractivity contribution < 1.29 is 14.2 Å². The van der Waals surface area contributed by atoms with Gasteiger partial charge in [0.15, 0.2) is 17.5 Å². The summed E-state index contributed by atoms with van der Waals surface area (Å²) >= 11 is 0. The van der Waals surface area contributed by atoms with Gasteiger partial charge in [0.05, 0.1) is 34.0 Å². The van der Waals surface area contributed by atoms with Crippen LogP contribution in [-0.2, 0) is 17.8 Å². The minimum Gasteiger partial charge on any atom is -0.493 e. The molecule has 3 rings (SSSR count). The van der Waals surface area contributed by atoms with Crippen LogP contribution in [0.25, 0.3) is 0 Å². The molecule has 1 fully saturated rings. The Morgan fingerprint density at radius 3 is 2.39 bits per heavy atom. The van der Waals surface area contributed by atoms with Crippen molar-refractivity contribution in [1.29, 1.82) is 0 Å². The molecule has 0 aliphatic carbocycles. The number of rotatable bonds is 7. The van der Waals surface area contributed by atoms with Gasteiger partial charge in [-0.25, -0.2) is 4.99 Å². The predicted molar refractivity (Wildman–Crippen MR) is 111 cm³/mol. The van der Waals surface area contributed by atoms with Gasteiger partial charge in [-0.3, -0.25) is 4.90 Å². The molecule has 1 aliphatic rings. The molecule has 0 saturated carbocycles. The third-order valence-electron chi connectivity index (χ3n) is 4.62. The normalized spacial score (nSPS) is 15.3. The average Bonchev–Trinajstić information content (AvgIpc) is 2.74. The smallest absolute Gasteiger partial charge is 0.193 e. The van der Waals surface area contributed by atoms with Gasteiger partial charge in [0.2, 0.25) is 0 Å². The molecule has 2 aromatic rings. The van der Waals surface area contributed by atoms with Gasteiger partial charge in [-0.15, -0.1) is 0 Å². The van der Waals surface area contributed by atoms with Crippen molar-refractivity contribution in [2.45, 2.75) is 13.1 Å². The predicted octanol–water partition coefficient (Wildman–Crippen LogP) is 2.46. The topological polar surface area (TPSA) is 81.3 Å². The van der Waals surface area contributed by atoms with Crippen molar-refractivity contribution in [3.05, 3.63) is 53.6 Å². The van der Waals surface area contributed by atoms with E-state index in [2.05, 4.69) is 39.5 Å². The van der Waals surface area contributed by atoms with E-state index in [0.717, 1.165) is 44.1 Å². The number of benzene rings is 2. The Balaban J connectivity index is 1.54. The summed E-state index contributed by atoms with van der Waals surface area (Å²) < 4.78 is 15.9. The van der Waals surface area contributed by atoms with Crippen molar-refractivity contribution in [3.8, 4) is 11.5 Å². The van der Waals surface area contributed by atoms with Gasteiger partial charge in [0.1, 0.15) is 0 Å². The molecule has 7 nitrogen and oxygen atoms in total. The zero-order valence-corrected chi connectivity index (χ0v) is 16.5. The Hall–Kier alpha value is -2.77. The third kappa shape index (κ3) is 5.61. The molecule has 1 saturated heterocycles. The monoisotopic (exact) mass is 384 g/mol. The number of ether oxygens (including phenoxy) is 3. The Kier molecular flexibility index (Phi) is 7.11. The molecule has 0 radical (unpaired) electrons. The number of hydrogen-bond donors (Lipinski definition) is 2. The van der Waals surface area contributed by atoms with Gasteiger partial charge in [-0.05, 0) is 23.3 Å². The van der Waals surface area contributed by atoms with Crippen LogP contribution in [0.2, 0.25) is 0 Å². The Morgan fingerprint density at radius 1 is 1.04 bits per heavy atom. The lowest BCUT2D eigenvalue weighted by atomic mass is 10.1. The fourth-order valence-electron chi connectivity index (χ4n) is 3.05. The van der Waals surface area contributed by atoms with E-state index < -0.39 is 0 Å². The van der Waals surface area contributed by atoms with Crippen molar-refractivity contribution >= 4 is 11.6 Å². The summed E-state index contributed by atoms with van der Waals surface area (Å²) in [6.45, 7) is 5.09. The molecule has 2 aromatic carbocycles. The van der Waals surface area contributed by atoms with Crippen LogP contribution in [0, 0.1) is 0 Å². The third-order valence-corrected chi connectivity index (χ3v) is 4.62. The Bertz CT molecular complexity index is 787. The highest BCUT2D eigenvalue weighted by Gasteiger charge is 2.10. The second-order valence-electron chi connectivity index (χ2n) is 6.60. The van der Waals surface area contributed by atoms with Crippen LogP contribution >= 0.6 is 0 Å². The van der Waals surface area contributed by atoms with Crippen LogP contribution < -0.4 is 20.5 Å². The lowest BCUT2D eigenvalue weighted by Gasteiger charge is -2.26. The summed E-state index contributed by atoms with van der Waals surface area (Å²) in [5, 5.41) is 3.08. The van der Waals surface area contributed by atoms with E-state index in [-0.39, 0.29) is 0 Å². The first-order valence-electron chi connectivity index (χ1n) is 9.35. The molecule has 1 aliphatic heterocycles. The van der Waals surface area contributed by atoms with Crippen LogP contribution in [0.15, 0.2) is 47.5 Å². The van der Waals surface area contributed by atoms with Crippen molar-refractivity contribution in [2.75, 3.05) is 45.8 Å². The molecular formula is C21H28N4O3. The molecular weight excluding hydrogens is 356 g/mol. The van der Waals surface area contributed by atoms with Crippen LogP contribution in [0.5, 0.6) is 11.5 Å². The van der Waals surface area contributed by atoms with Crippen molar-refractivity contribution in [3.63, 3.8) is 0 Å². The number of aliphatic imine (C=N–C) groups is 1. The number of nitrogens with zero attached hydrogens (tertiary/aromatic N) is 2. The number of morpholine rings is 1. The first-order valence-corrected chi connectivity index (χ1v) is 9.35. The Morgan fingerprint density at radius 2 is 1.71 bits per heavy atom. The van der Waals surface area contributed by atoms with E-state index in [1.807, 2.05) is 18.2 Å². The zero-order chi connectivity index (χ0) is 19.8. The SMILES string of the molecule is COc1ccc(NC(N)=NCc2ccc(CN3CCOCC3)cc2)cc1OC. The van der Waals surface area contributed by atoms with Gasteiger partial charge < -0.3 is 25.3 Å². The summed E-state index contributed by atoms with van der Waals surface area (Å²) in [5.74, 6) is 1.65. The second-order valence-corrected chi connectivity index (χ2v) is 6.60. The first-order chi connectivity index (χ1) is 13.7. The molecule has 7 heteroatoms. The number of hydrogen-bond acceptors (Lipinski definition) is 5. The van der Waals surface area contributed by atoms with Crippen molar-refractivity contribution in [1.82, 2.24) is 4.90 Å². The number of guanidine groups is 1. The molecule has 0 unspecified atom stereocenters. The maximum Gasteiger partial charge on any atom is 0.193 e. The molecule has 150 valence electrons. The van der Waals surface area contributed by atoms with Crippen LogP contribution in [0.4, 0.5) is 5.69 Å². The van der Waals surface area contributed by atoms with Crippen molar-refractivity contribution in [2.24, 2.45) is 10.7 Å². The summed E-state index contributed by atoms with van der Waals surface area (Å²) in [6.07, 6.45) is 0. The molecule has 0 atom stereocenters. The highest BCUT2D eigenvalue weighted by molar-refractivity contribution is 5.92. The van der Waals surface area contributed by atoms with Crippen LogP contribution in [0.1, 0.15) is 11.1 Å². The molecule has 0 spiro atoms. The highest BCUT2D eigenvalue weighted by Crippen LogP contribution is 2.29. The lowest BCUT2D eigenvalue weighted by Crippen LogP contribution is -2.35. The molecule has 0 aromatic heterocycles. The number of methoxy groups -OCH3 is 2. The fraction of sp³-hybridized carbons (Fsp3) is 0.381. The van der Waals surface area contributed by atoms with E-state index in [0.29, 0.717) is 24.0 Å². The highest BCUT2D eigenvalue weighted by atomic mass is 16.5. The molecule has 28 heavy (non-hydrogen) atoms. The standard InChI is InChI=1S/C21H28N4O3/c1-26-19-8-7-18(13-20(19)27-2)24-21(22)23-14-16-3-5-17(6-4-16)15-25-9-11-28-12-10-25/h3-8,13H,9-12,14-15H2,1-2H3,(H3,22,23,24).